The number of likely N-dealkylation sites (tertiary alicyclic amines) is 1. The van der Waals surface area contributed by atoms with Crippen LogP contribution >= 0.6 is 0 Å². The number of benzene rings is 1. The van der Waals surface area contributed by atoms with Crippen molar-refractivity contribution in [2.45, 2.75) is 37.8 Å². The van der Waals surface area contributed by atoms with Crippen molar-refractivity contribution < 1.29 is 19.1 Å². The summed E-state index contributed by atoms with van der Waals surface area (Å²) in [5.41, 5.74) is 0.952. The lowest BCUT2D eigenvalue weighted by Crippen LogP contribution is -2.47. The van der Waals surface area contributed by atoms with Crippen molar-refractivity contribution in [3.63, 3.8) is 0 Å². The standard InChI is InChI=1S/C19H26N2O4/c1-21-17(22)10-9-16(19(23)20-12-15-4-3-11-25-15)18(21)13-5-7-14(24-2)8-6-13/h5-8,15-16,18H,3-4,9-12H2,1-2H3,(H,20,23)/t15-,16-,18-/m1/s1. The second-order valence-electron chi connectivity index (χ2n) is 6.75. The molecule has 0 unspecified atom stereocenters. The van der Waals surface area contributed by atoms with Gasteiger partial charge in [0.1, 0.15) is 5.75 Å². The molecule has 2 amide bonds. The van der Waals surface area contributed by atoms with Crippen LogP contribution < -0.4 is 10.1 Å². The highest BCUT2D eigenvalue weighted by Gasteiger charge is 2.39. The van der Waals surface area contributed by atoms with E-state index in [4.69, 9.17) is 9.47 Å². The summed E-state index contributed by atoms with van der Waals surface area (Å²) >= 11 is 0. The zero-order chi connectivity index (χ0) is 17.8. The molecular formula is C19H26N2O4. The third-order valence-corrected chi connectivity index (χ3v) is 5.18. The van der Waals surface area contributed by atoms with Crippen LogP contribution in [0.4, 0.5) is 0 Å². The van der Waals surface area contributed by atoms with E-state index in [0.717, 1.165) is 30.8 Å². The maximum absolute atomic E-state index is 12.8. The molecule has 3 atom stereocenters. The number of hydrogen-bond donors (Lipinski definition) is 1. The van der Waals surface area contributed by atoms with Gasteiger partial charge >= 0.3 is 0 Å². The number of hydrogen-bond acceptors (Lipinski definition) is 4. The summed E-state index contributed by atoms with van der Waals surface area (Å²) in [7, 11) is 3.39. The Kier molecular flexibility index (Phi) is 5.58. The first-order valence-electron chi connectivity index (χ1n) is 8.89. The van der Waals surface area contributed by atoms with E-state index < -0.39 is 0 Å². The van der Waals surface area contributed by atoms with Gasteiger partial charge in [-0.15, -0.1) is 0 Å². The second kappa shape index (κ2) is 7.87. The molecule has 0 radical (unpaired) electrons. The topological polar surface area (TPSA) is 67.9 Å². The van der Waals surface area contributed by atoms with Gasteiger partial charge in [-0.3, -0.25) is 9.59 Å². The molecule has 1 aromatic rings. The fourth-order valence-electron chi connectivity index (χ4n) is 3.72. The summed E-state index contributed by atoms with van der Waals surface area (Å²) in [5, 5.41) is 3.03. The number of ether oxygens (including phenoxy) is 2. The van der Waals surface area contributed by atoms with Gasteiger partial charge in [0.15, 0.2) is 0 Å². The third kappa shape index (κ3) is 3.95. The Balaban J connectivity index is 1.74. The van der Waals surface area contributed by atoms with Gasteiger partial charge in [-0.1, -0.05) is 12.1 Å². The molecule has 2 aliphatic heterocycles. The van der Waals surface area contributed by atoms with E-state index in [1.54, 1.807) is 19.1 Å². The normalized spacial score (nSPS) is 26.6. The summed E-state index contributed by atoms with van der Waals surface area (Å²) in [5.74, 6) is 0.574. The number of methoxy groups -OCH3 is 1. The van der Waals surface area contributed by atoms with Gasteiger partial charge in [-0.25, -0.2) is 0 Å². The molecule has 2 fully saturated rings. The SMILES string of the molecule is COc1ccc([C@@H]2[C@H](C(=O)NC[C@H]3CCCO3)CCC(=O)N2C)cc1. The van der Waals surface area contributed by atoms with Gasteiger partial charge in [-0.05, 0) is 37.0 Å². The molecule has 0 aromatic heterocycles. The molecule has 3 rings (SSSR count). The van der Waals surface area contributed by atoms with Crippen LogP contribution in [-0.2, 0) is 14.3 Å². The van der Waals surface area contributed by atoms with Gasteiger partial charge in [-0.2, -0.15) is 0 Å². The molecule has 2 heterocycles. The number of carbonyl (C=O) groups is 2. The largest absolute Gasteiger partial charge is 0.497 e. The first-order chi connectivity index (χ1) is 12.1. The van der Waals surface area contributed by atoms with Gasteiger partial charge in [0.25, 0.3) is 0 Å². The summed E-state index contributed by atoms with van der Waals surface area (Å²) in [6.45, 7) is 1.32. The monoisotopic (exact) mass is 346 g/mol. The van der Waals surface area contributed by atoms with Crippen molar-refractivity contribution in [2.75, 3.05) is 27.3 Å². The lowest BCUT2D eigenvalue weighted by molar-refractivity contribution is -0.141. The van der Waals surface area contributed by atoms with Crippen LogP contribution in [0.3, 0.4) is 0 Å². The van der Waals surface area contributed by atoms with Gasteiger partial charge in [0, 0.05) is 26.6 Å². The van der Waals surface area contributed by atoms with Gasteiger partial charge in [0.2, 0.25) is 11.8 Å². The van der Waals surface area contributed by atoms with E-state index in [-0.39, 0.29) is 29.9 Å². The Labute approximate surface area is 148 Å². The van der Waals surface area contributed by atoms with E-state index in [1.807, 2.05) is 24.3 Å². The van der Waals surface area contributed by atoms with Crippen molar-refractivity contribution >= 4 is 11.8 Å². The van der Waals surface area contributed by atoms with Crippen LogP contribution in [0.15, 0.2) is 24.3 Å². The van der Waals surface area contributed by atoms with Crippen LogP contribution in [-0.4, -0.2) is 50.1 Å². The molecule has 1 aromatic carbocycles. The molecule has 6 nitrogen and oxygen atoms in total. The third-order valence-electron chi connectivity index (χ3n) is 5.18. The van der Waals surface area contributed by atoms with Gasteiger partial charge in [0.05, 0.1) is 25.2 Å². The molecule has 1 N–H and O–H groups in total. The molecule has 0 aliphatic carbocycles. The lowest BCUT2D eigenvalue weighted by Gasteiger charge is -2.38. The van der Waals surface area contributed by atoms with Gasteiger partial charge < -0.3 is 19.7 Å². The Morgan fingerprint density at radius 3 is 2.72 bits per heavy atom. The first kappa shape index (κ1) is 17.7. The van der Waals surface area contributed by atoms with Crippen molar-refractivity contribution in [2.24, 2.45) is 5.92 Å². The quantitative estimate of drug-likeness (QED) is 0.884. The van der Waals surface area contributed by atoms with Crippen molar-refractivity contribution in [1.29, 1.82) is 0 Å². The Morgan fingerprint density at radius 1 is 1.32 bits per heavy atom. The lowest BCUT2D eigenvalue weighted by atomic mass is 9.84. The molecular weight excluding hydrogens is 320 g/mol. The zero-order valence-electron chi connectivity index (χ0n) is 14.9. The minimum absolute atomic E-state index is 0.00401. The molecule has 0 saturated carbocycles. The average molecular weight is 346 g/mol. The predicted molar refractivity (Wildman–Crippen MR) is 93.2 cm³/mol. The van der Waals surface area contributed by atoms with Crippen LogP contribution in [0.5, 0.6) is 5.75 Å². The summed E-state index contributed by atoms with van der Waals surface area (Å²) < 4.78 is 10.8. The Morgan fingerprint density at radius 2 is 2.08 bits per heavy atom. The highest BCUT2D eigenvalue weighted by Crippen LogP contribution is 2.36. The highest BCUT2D eigenvalue weighted by atomic mass is 16.5. The fourth-order valence-corrected chi connectivity index (χ4v) is 3.72. The maximum Gasteiger partial charge on any atom is 0.225 e. The smallest absolute Gasteiger partial charge is 0.225 e. The molecule has 25 heavy (non-hydrogen) atoms. The Hall–Kier alpha value is -2.08. The number of rotatable bonds is 5. The molecule has 6 heteroatoms. The van der Waals surface area contributed by atoms with Crippen LogP contribution in [0.25, 0.3) is 0 Å². The average Bonchev–Trinajstić information content (AvgIpc) is 3.15. The van der Waals surface area contributed by atoms with E-state index in [2.05, 4.69) is 5.32 Å². The fraction of sp³-hybridized carbons (Fsp3) is 0.579. The minimum Gasteiger partial charge on any atom is -0.497 e. The van der Waals surface area contributed by atoms with E-state index in [0.29, 0.717) is 19.4 Å². The van der Waals surface area contributed by atoms with Crippen molar-refractivity contribution in [1.82, 2.24) is 10.2 Å². The second-order valence-corrected chi connectivity index (χ2v) is 6.75. The summed E-state index contributed by atoms with van der Waals surface area (Å²) in [4.78, 5) is 26.7. The molecule has 136 valence electrons. The number of nitrogens with one attached hydrogen (secondary N) is 1. The highest BCUT2D eigenvalue weighted by molar-refractivity contribution is 5.84. The van der Waals surface area contributed by atoms with E-state index in [9.17, 15) is 9.59 Å². The molecule has 0 spiro atoms. The zero-order valence-corrected chi connectivity index (χ0v) is 14.9. The molecule has 2 aliphatic rings. The van der Waals surface area contributed by atoms with Crippen molar-refractivity contribution in [3.8, 4) is 5.75 Å². The van der Waals surface area contributed by atoms with E-state index in [1.165, 1.54) is 0 Å². The number of carbonyl (C=O) groups excluding carboxylic acids is 2. The summed E-state index contributed by atoms with van der Waals surface area (Å²) in [6, 6.07) is 7.34. The van der Waals surface area contributed by atoms with Crippen LogP contribution in [0.2, 0.25) is 0 Å². The Bertz CT molecular complexity index is 610. The predicted octanol–water partition coefficient (Wildman–Crippen LogP) is 1.90. The van der Waals surface area contributed by atoms with Crippen molar-refractivity contribution in [3.05, 3.63) is 29.8 Å². The number of piperidine rings is 1. The van der Waals surface area contributed by atoms with Crippen LogP contribution in [0, 0.1) is 5.92 Å². The summed E-state index contributed by atoms with van der Waals surface area (Å²) in [6.07, 6.45) is 3.13. The molecule has 2 saturated heterocycles. The number of nitrogens with zero attached hydrogens (tertiary/aromatic N) is 1. The minimum atomic E-state index is -0.253. The molecule has 0 bridgehead atoms. The first-order valence-corrected chi connectivity index (χ1v) is 8.89. The van der Waals surface area contributed by atoms with E-state index >= 15 is 0 Å². The van der Waals surface area contributed by atoms with Crippen LogP contribution in [0.1, 0.15) is 37.3 Å². The maximum atomic E-state index is 12.8. The number of amides is 2.